The summed E-state index contributed by atoms with van der Waals surface area (Å²) in [6.45, 7) is 8.57. The number of methoxy groups -OCH3 is 1. The molecule has 1 N–H and O–H groups in total. The molecule has 0 aliphatic carbocycles. The summed E-state index contributed by atoms with van der Waals surface area (Å²) in [5.41, 5.74) is 0. The molecule has 0 amide bonds. The van der Waals surface area contributed by atoms with Crippen LogP contribution in [-0.4, -0.2) is 39.0 Å². The van der Waals surface area contributed by atoms with Crippen LogP contribution in [0.4, 0.5) is 0 Å². The molecule has 0 fully saturated rings. The average Bonchev–Trinajstić information content (AvgIpc) is 2.11. The molecule has 0 aliphatic rings. The summed E-state index contributed by atoms with van der Waals surface area (Å²) in [5, 5.41) is 3.32. The first kappa shape index (κ1) is 11.9. The summed E-state index contributed by atoms with van der Waals surface area (Å²) in [7, 11) is 1.72. The lowest BCUT2D eigenvalue weighted by molar-refractivity contribution is 0.0347. The Balaban J connectivity index is 3.68. The van der Waals surface area contributed by atoms with Gasteiger partial charge in [0, 0.05) is 13.7 Å². The van der Waals surface area contributed by atoms with Gasteiger partial charge in [-0.1, -0.05) is 6.92 Å². The maximum Gasteiger partial charge on any atom is 0.0718 e. The van der Waals surface area contributed by atoms with E-state index in [-0.39, 0.29) is 6.10 Å². The highest BCUT2D eigenvalue weighted by atomic mass is 16.5. The highest BCUT2D eigenvalue weighted by Gasteiger charge is 2.14. The monoisotopic (exact) mass is 175 g/mol. The standard InChI is InChI=1S/C9H21NO2/c1-5-10-9(7-12-6-2)8(3)11-4/h8-10H,5-7H2,1-4H3. The Hall–Kier alpha value is -0.120. The predicted octanol–water partition coefficient (Wildman–Crippen LogP) is 1.04. The smallest absolute Gasteiger partial charge is 0.0718 e. The van der Waals surface area contributed by atoms with Crippen LogP contribution in [0.25, 0.3) is 0 Å². The quantitative estimate of drug-likeness (QED) is 0.627. The fourth-order valence-electron chi connectivity index (χ4n) is 1.03. The predicted molar refractivity (Wildman–Crippen MR) is 50.4 cm³/mol. The molecule has 0 heterocycles. The minimum atomic E-state index is 0.205. The Bertz CT molecular complexity index is 98.5. The molecular formula is C9H21NO2. The minimum Gasteiger partial charge on any atom is -0.380 e. The third-order valence-electron chi connectivity index (χ3n) is 1.91. The summed E-state index contributed by atoms with van der Waals surface area (Å²) in [6.07, 6.45) is 0.205. The average molecular weight is 175 g/mol. The molecule has 0 aromatic rings. The van der Waals surface area contributed by atoms with E-state index in [1.165, 1.54) is 0 Å². The van der Waals surface area contributed by atoms with Crippen molar-refractivity contribution in [1.82, 2.24) is 5.32 Å². The summed E-state index contributed by atoms with van der Waals surface area (Å²) in [4.78, 5) is 0. The van der Waals surface area contributed by atoms with E-state index in [1.54, 1.807) is 7.11 Å². The van der Waals surface area contributed by atoms with Crippen molar-refractivity contribution in [2.24, 2.45) is 0 Å². The topological polar surface area (TPSA) is 30.5 Å². The fraction of sp³-hybridized carbons (Fsp3) is 1.00. The van der Waals surface area contributed by atoms with Crippen LogP contribution in [0.1, 0.15) is 20.8 Å². The molecule has 0 bridgehead atoms. The van der Waals surface area contributed by atoms with E-state index >= 15 is 0 Å². The number of ether oxygens (including phenoxy) is 2. The molecule has 3 heteroatoms. The summed E-state index contributed by atoms with van der Waals surface area (Å²) >= 11 is 0. The van der Waals surface area contributed by atoms with Gasteiger partial charge in [-0.2, -0.15) is 0 Å². The minimum absolute atomic E-state index is 0.205. The van der Waals surface area contributed by atoms with E-state index in [4.69, 9.17) is 9.47 Å². The molecule has 0 rings (SSSR count). The largest absolute Gasteiger partial charge is 0.380 e. The van der Waals surface area contributed by atoms with E-state index in [0.717, 1.165) is 19.8 Å². The summed E-state index contributed by atoms with van der Waals surface area (Å²) < 4.78 is 10.5. The molecule has 12 heavy (non-hydrogen) atoms. The second kappa shape index (κ2) is 7.53. The van der Waals surface area contributed by atoms with Gasteiger partial charge in [-0.25, -0.2) is 0 Å². The molecule has 0 aromatic heterocycles. The van der Waals surface area contributed by atoms with Gasteiger partial charge in [-0.15, -0.1) is 0 Å². The van der Waals surface area contributed by atoms with Crippen molar-refractivity contribution in [3.8, 4) is 0 Å². The molecule has 0 aromatic carbocycles. The Kier molecular flexibility index (Phi) is 7.45. The fourth-order valence-corrected chi connectivity index (χ4v) is 1.03. The van der Waals surface area contributed by atoms with Crippen LogP contribution >= 0.6 is 0 Å². The molecule has 74 valence electrons. The van der Waals surface area contributed by atoms with Crippen molar-refractivity contribution in [1.29, 1.82) is 0 Å². The van der Waals surface area contributed by atoms with E-state index in [1.807, 2.05) is 13.8 Å². The van der Waals surface area contributed by atoms with Crippen LogP contribution in [0.2, 0.25) is 0 Å². The third kappa shape index (κ3) is 4.70. The molecule has 0 radical (unpaired) electrons. The van der Waals surface area contributed by atoms with E-state index in [9.17, 15) is 0 Å². The van der Waals surface area contributed by atoms with Crippen molar-refractivity contribution in [2.45, 2.75) is 32.9 Å². The zero-order valence-corrected chi connectivity index (χ0v) is 8.59. The van der Waals surface area contributed by atoms with Crippen LogP contribution in [0.15, 0.2) is 0 Å². The molecular weight excluding hydrogens is 154 g/mol. The number of hydrogen-bond donors (Lipinski definition) is 1. The van der Waals surface area contributed by atoms with Gasteiger partial charge in [0.25, 0.3) is 0 Å². The number of likely N-dealkylation sites (N-methyl/N-ethyl adjacent to an activating group) is 1. The molecule has 0 aliphatic heterocycles. The van der Waals surface area contributed by atoms with Crippen LogP contribution in [0, 0.1) is 0 Å². The first-order chi connectivity index (χ1) is 5.76. The van der Waals surface area contributed by atoms with Crippen molar-refractivity contribution in [2.75, 3.05) is 26.9 Å². The van der Waals surface area contributed by atoms with Crippen molar-refractivity contribution < 1.29 is 9.47 Å². The van der Waals surface area contributed by atoms with Gasteiger partial charge in [-0.3, -0.25) is 0 Å². The molecule has 3 nitrogen and oxygen atoms in total. The van der Waals surface area contributed by atoms with Crippen LogP contribution in [0.5, 0.6) is 0 Å². The number of hydrogen-bond acceptors (Lipinski definition) is 3. The summed E-state index contributed by atoms with van der Waals surface area (Å²) in [5.74, 6) is 0. The van der Waals surface area contributed by atoms with E-state index < -0.39 is 0 Å². The van der Waals surface area contributed by atoms with Gasteiger partial charge in [0.05, 0.1) is 18.8 Å². The SMILES string of the molecule is CCNC(COCC)C(C)OC. The number of nitrogens with one attached hydrogen (secondary N) is 1. The summed E-state index contributed by atoms with van der Waals surface area (Å²) in [6, 6.07) is 0.306. The van der Waals surface area contributed by atoms with E-state index in [2.05, 4.69) is 12.2 Å². The Morgan fingerprint density at radius 3 is 2.42 bits per heavy atom. The maximum atomic E-state index is 5.33. The second-order valence-corrected chi connectivity index (χ2v) is 2.76. The Morgan fingerprint density at radius 2 is 2.00 bits per heavy atom. The molecule has 2 atom stereocenters. The second-order valence-electron chi connectivity index (χ2n) is 2.76. The Morgan fingerprint density at radius 1 is 1.33 bits per heavy atom. The normalized spacial score (nSPS) is 16.0. The van der Waals surface area contributed by atoms with Crippen LogP contribution < -0.4 is 5.32 Å². The van der Waals surface area contributed by atoms with Crippen LogP contribution in [0.3, 0.4) is 0 Å². The lowest BCUT2D eigenvalue weighted by atomic mass is 10.2. The zero-order chi connectivity index (χ0) is 9.40. The molecule has 2 unspecified atom stereocenters. The van der Waals surface area contributed by atoms with Gasteiger partial charge in [0.15, 0.2) is 0 Å². The van der Waals surface area contributed by atoms with Gasteiger partial charge < -0.3 is 14.8 Å². The Labute approximate surface area is 75.4 Å². The molecule has 0 spiro atoms. The van der Waals surface area contributed by atoms with Gasteiger partial charge in [-0.05, 0) is 20.4 Å². The van der Waals surface area contributed by atoms with Crippen molar-refractivity contribution in [3.05, 3.63) is 0 Å². The maximum absolute atomic E-state index is 5.33. The third-order valence-corrected chi connectivity index (χ3v) is 1.91. The van der Waals surface area contributed by atoms with Gasteiger partial charge >= 0.3 is 0 Å². The molecule has 0 saturated heterocycles. The van der Waals surface area contributed by atoms with Gasteiger partial charge in [0.2, 0.25) is 0 Å². The van der Waals surface area contributed by atoms with E-state index in [0.29, 0.717) is 6.04 Å². The van der Waals surface area contributed by atoms with Crippen molar-refractivity contribution in [3.63, 3.8) is 0 Å². The lowest BCUT2D eigenvalue weighted by Crippen LogP contribution is -2.42. The first-order valence-corrected chi connectivity index (χ1v) is 4.60. The zero-order valence-electron chi connectivity index (χ0n) is 8.59. The highest BCUT2D eigenvalue weighted by molar-refractivity contribution is 4.72. The number of rotatable bonds is 7. The van der Waals surface area contributed by atoms with Crippen LogP contribution in [-0.2, 0) is 9.47 Å². The highest BCUT2D eigenvalue weighted by Crippen LogP contribution is 1.97. The lowest BCUT2D eigenvalue weighted by Gasteiger charge is -2.23. The van der Waals surface area contributed by atoms with Crippen molar-refractivity contribution >= 4 is 0 Å². The molecule has 0 saturated carbocycles. The first-order valence-electron chi connectivity index (χ1n) is 4.60. The van der Waals surface area contributed by atoms with Gasteiger partial charge in [0.1, 0.15) is 0 Å².